The number of halogens is 6. The first-order chi connectivity index (χ1) is 17.7. The van der Waals surface area contributed by atoms with Gasteiger partial charge in [0.05, 0.1) is 18.0 Å². The summed E-state index contributed by atoms with van der Waals surface area (Å²) < 4.78 is 84.6. The highest BCUT2D eigenvalue weighted by molar-refractivity contribution is 5.97. The Morgan fingerprint density at radius 2 is 1.92 bits per heavy atom. The number of fused-ring (bicyclic) bond motifs is 1. The van der Waals surface area contributed by atoms with Gasteiger partial charge in [-0.15, -0.1) is 13.2 Å². The third kappa shape index (κ3) is 5.58. The van der Waals surface area contributed by atoms with Gasteiger partial charge in [-0.3, -0.25) is 24.2 Å². The van der Waals surface area contributed by atoms with Crippen LogP contribution in [-0.4, -0.2) is 58.5 Å². The van der Waals surface area contributed by atoms with E-state index in [0.29, 0.717) is 18.7 Å². The Balaban J connectivity index is 1.86. The topological polar surface area (TPSA) is 109 Å². The van der Waals surface area contributed by atoms with E-state index in [1.807, 2.05) is 0 Å². The maximum absolute atomic E-state index is 14.8. The number of hydrogen-bond donors (Lipinski definition) is 3. The molecule has 0 radical (unpaired) electrons. The second kappa shape index (κ2) is 10.2. The molecule has 2 aromatic heterocycles. The van der Waals surface area contributed by atoms with Crippen molar-refractivity contribution >= 4 is 22.8 Å². The van der Waals surface area contributed by atoms with Crippen LogP contribution in [0.5, 0.6) is 0 Å². The molecule has 1 aliphatic rings. The molecule has 1 aromatic carbocycles. The van der Waals surface area contributed by atoms with Crippen molar-refractivity contribution in [2.45, 2.75) is 38.6 Å². The number of ether oxygens (including phenoxy) is 1. The molecule has 0 spiro atoms. The molecular weight excluding hydrogens is 524 g/mol. The molecule has 0 saturated carbocycles. The van der Waals surface area contributed by atoms with Gasteiger partial charge in [-0.2, -0.15) is 0 Å². The second-order valence-corrected chi connectivity index (χ2v) is 8.73. The van der Waals surface area contributed by atoms with Crippen LogP contribution in [0.1, 0.15) is 24.2 Å². The lowest BCUT2D eigenvalue weighted by atomic mass is 10.1. The second-order valence-electron chi connectivity index (χ2n) is 8.73. The van der Waals surface area contributed by atoms with Crippen molar-refractivity contribution in [2.75, 3.05) is 18.1 Å². The van der Waals surface area contributed by atoms with Gasteiger partial charge < -0.3 is 15.3 Å². The van der Waals surface area contributed by atoms with Crippen molar-refractivity contribution < 1.29 is 41.0 Å². The van der Waals surface area contributed by atoms with Gasteiger partial charge in [0.15, 0.2) is 23.6 Å². The van der Waals surface area contributed by atoms with Gasteiger partial charge in [0.2, 0.25) is 5.43 Å². The molecule has 0 bridgehead atoms. The number of pyridine rings is 2. The number of carbonyl (C=O) groups excluding carboxylic acids is 1. The summed E-state index contributed by atoms with van der Waals surface area (Å²) in [5.41, 5.74) is -2.80. The number of aliphatic hydroxyl groups excluding tert-OH is 1. The van der Waals surface area contributed by atoms with Crippen LogP contribution in [0.25, 0.3) is 16.7 Å². The molecule has 3 heterocycles. The normalized spacial score (nSPS) is 18.7. The van der Waals surface area contributed by atoms with Gasteiger partial charge in [-0.1, -0.05) is 0 Å². The summed E-state index contributed by atoms with van der Waals surface area (Å²) in [6.45, 7) is 2.30. The Morgan fingerprint density at radius 1 is 1.26 bits per heavy atom. The first-order valence-corrected chi connectivity index (χ1v) is 11.2. The van der Waals surface area contributed by atoms with Crippen LogP contribution in [0.2, 0.25) is 0 Å². The van der Waals surface area contributed by atoms with E-state index in [0.717, 1.165) is 10.8 Å². The zero-order valence-electron chi connectivity index (χ0n) is 19.8. The maximum Gasteiger partial charge on any atom is 0.522 e. The molecule has 4 rings (SSSR count). The minimum absolute atomic E-state index is 0.119. The van der Waals surface area contributed by atoms with Crippen LogP contribution in [-0.2, 0) is 4.74 Å². The summed E-state index contributed by atoms with van der Waals surface area (Å²) in [6, 6.07) is 1.98. The average Bonchev–Trinajstić information content (AvgIpc) is 3.15. The Morgan fingerprint density at radius 3 is 2.50 bits per heavy atom. The van der Waals surface area contributed by atoms with Crippen molar-refractivity contribution in [3.63, 3.8) is 0 Å². The molecule has 1 amide bonds. The molecule has 3 atom stereocenters. The molecule has 1 saturated heterocycles. The minimum atomic E-state index is -4.95. The highest BCUT2D eigenvalue weighted by atomic mass is 19.4. The molecule has 1 aliphatic heterocycles. The van der Waals surface area contributed by atoms with E-state index < -0.39 is 65.4 Å². The van der Waals surface area contributed by atoms with Gasteiger partial charge in [0, 0.05) is 30.9 Å². The predicted molar refractivity (Wildman–Crippen MR) is 122 cm³/mol. The van der Waals surface area contributed by atoms with Crippen LogP contribution in [0.4, 0.5) is 32.2 Å². The first kappa shape index (κ1) is 27.3. The van der Waals surface area contributed by atoms with Crippen LogP contribution in [0.15, 0.2) is 35.3 Å². The van der Waals surface area contributed by atoms with Gasteiger partial charge in [0.25, 0.3) is 5.91 Å². The van der Waals surface area contributed by atoms with E-state index in [-0.39, 0.29) is 22.9 Å². The summed E-state index contributed by atoms with van der Waals surface area (Å²) in [7, 11) is 0. The number of rotatable bonds is 6. The fourth-order valence-corrected chi connectivity index (χ4v) is 4.02. The third-order valence-corrected chi connectivity index (χ3v) is 5.67. The highest BCUT2D eigenvalue weighted by Crippen LogP contribution is 2.26. The monoisotopic (exact) mass is 545 g/mol. The molecule has 204 valence electrons. The number of carbonyl (C=O) groups is 1. The third-order valence-electron chi connectivity index (χ3n) is 5.67. The van der Waals surface area contributed by atoms with E-state index in [9.17, 15) is 41.0 Å². The minimum Gasteiger partial charge on any atom is -0.361 e. The Bertz CT molecular complexity index is 1420. The van der Waals surface area contributed by atoms with Crippen LogP contribution in [0, 0.1) is 17.5 Å². The van der Waals surface area contributed by atoms with Crippen molar-refractivity contribution in [3.8, 4) is 5.69 Å². The van der Waals surface area contributed by atoms with Crippen LogP contribution < -0.4 is 21.0 Å². The van der Waals surface area contributed by atoms with Gasteiger partial charge in [0.1, 0.15) is 22.9 Å². The number of aliphatic hydroxyl groups is 1. The quantitative estimate of drug-likeness (QED) is 0.409. The number of nitrogens with one attached hydrogen (secondary N) is 2. The SMILES string of the molecule is C[C@@H]1CN(c2ccc3c(=O)c(C(=O)N[C@@H](C)COC(F)(F)F)cn(-c4c(F)cc(F)cc4F)c3n2)C(O)N1. The molecule has 9 nitrogen and oxygen atoms in total. The summed E-state index contributed by atoms with van der Waals surface area (Å²) in [4.78, 5) is 31.7. The molecular formula is C23H21F6N5O4. The molecule has 1 unspecified atom stereocenters. The van der Waals surface area contributed by atoms with E-state index in [2.05, 4.69) is 20.4 Å². The predicted octanol–water partition coefficient (Wildman–Crippen LogP) is 2.53. The Labute approximate surface area is 210 Å². The molecule has 1 fully saturated rings. The standard InChI is InChI=1S/C23H21F6N5O4/c1-10-7-33(22(37)31-10)17-4-3-13-19(35)14(21(36)30-11(2)9-38-23(27,28)29)8-34(20(13)32-17)18-15(25)5-12(24)6-16(18)26/h3-6,8,10-11,22,31,37H,7,9H2,1-2H3,(H,30,36)/t10-,11+,22?/m1/s1. The lowest BCUT2D eigenvalue weighted by Crippen LogP contribution is -2.39. The van der Waals surface area contributed by atoms with Gasteiger partial charge >= 0.3 is 6.36 Å². The zero-order chi connectivity index (χ0) is 27.9. The Hall–Kier alpha value is -3.69. The largest absolute Gasteiger partial charge is 0.522 e. The zero-order valence-corrected chi connectivity index (χ0v) is 19.8. The fraction of sp³-hybridized carbons (Fsp3) is 0.348. The lowest BCUT2D eigenvalue weighted by molar-refractivity contribution is -0.325. The molecule has 0 aliphatic carbocycles. The van der Waals surface area contributed by atoms with Gasteiger partial charge in [-0.25, -0.2) is 18.2 Å². The Kier molecular flexibility index (Phi) is 7.36. The summed E-state index contributed by atoms with van der Waals surface area (Å²) in [5.74, 6) is -5.01. The highest BCUT2D eigenvalue weighted by Gasteiger charge is 2.31. The van der Waals surface area contributed by atoms with Crippen LogP contribution in [0.3, 0.4) is 0 Å². The van der Waals surface area contributed by atoms with E-state index in [4.69, 9.17) is 0 Å². The van der Waals surface area contributed by atoms with E-state index >= 15 is 0 Å². The van der Waals surface area contributed by atoms with Gasteiger partial charge in [-0.05, 0) is 26.0 Å². The van der Waals surface area contributed by atoms with E-state index in [1.54, 1.807) is 6.92 Å². The molecule has 38 heavy (non-hydrogen) atoms. The maximum atomic E-state index is 14.8. The first-order valence-electron chi connectivity index (χ1n) is 11.2. The number of nitrogens with zero attached hydrogens (tertiary/aromatic N) is 3. The fourth-order valence-electron chi connectivity index (χ4n) is 4.02. The van der Waals surface area contributed by atoms with Crippen LogP contribution >= 0.6 is 0 Å². The summed E-state index contributed by atoms with van der Waals surface area (Å²) in [6.07, 6.45) is -5.35. The molecule has 3 N–H and O–H groups in total. The van der Waals surface area contributed by atoms with Crippen molar-refractivity contribution in [1.29, 1.82) is 0 Å². The summed E-state index contributed by atoms with van der Waals surface area (Å²) in [5, 5.41) is 15.0. The van der Waals surface area contributed by atoms with Crippen molar-refractivity contribution in [3.05, 3.63) is 63.7 Å². The van der Waals surface area contributed by atoms with Crippen molar-refractivity contribution in [2.24, 2.45) is 0 Å². The lowest BCUT2D eigenvalue weighted by Gasteiger charge is -2.22. The van der Waals surface area contributed by atoms with E-state index in [1.165, 1.54) is 24.0 Å². The smallest absolute Gasteiger partial charge is 0.361 e. The average molecular weight is 545 g/mol. The number of amides is 1. The number of anilines is 1. The number of alkyl halides is 3. The number of benzene rings is 1. The van der Waals surface area contributed by atoms with Crippen molar-refractivity contribution in [1.82, 2.24) is 20.2 Å². The number of aromatic nitrogens is 2. The molecule has 3 aromatic rings. The molecule has 15 heteroatoms. The number of hydrogen-bond acceptors (Lipinski definition) is 7. The summed E-state index contributed by atoms with van der Waals surface area (Å²) >= 11 is 0.